The van der Waals surface area contributed by atoms with Gasteiger partial charge < -0.3 is 15.0 Å². The van der Waals surface area contributed by atoms with E-state index in [2.05, 4.69) is 29.0 Å². The van der Waals surface area contributed by atoms with Gasteiger partial charge in [-0.3, -0.25) is 9.69 Å². The number of rotatable bonds is 9. The Balaban J connectivity index is 1.63. The van der Waals surface area contributed by atoms with Gasteiger partial charge in [0.05, 0.1) is 18.7 Å². The van der Waals surface area contributed by atoms with Crippen molar-refractivity contribution in [3.8, 4) is 0 Å². The average molecular weight is 422 g/mol. The summed E-state index contributed by atoms with van der Waals surface area (Å²) in [6.45, 7) is 11.2. The summed E-state index contributed by atoms with van der Waals surface area (Å²) in [7, 11) is 0. The van der Waals surface area contributed by atoms with Crippen molar-refractivity contribution in [3.05, 3.63) is 16.5 Å². The second kappa shape index (κ2) is 10.5. The lowest BCUT2D eigenvalue weighted by Gasteiger charge is -2.27. The van der Waals surface area contributed by atoms with Gasteiger partial charge in [-0.2, -0.15) is 0 Å². The van der Waals surface area contributed by atoms with E-state index in [1.54, 1.807) is 6.92 Å². The van der Waals surface area contributed by atoms with Crippen LogP contribution in [-0.4, -0.2) is 67.0 Å². The van der Waals surface area contributed by atoms with Crippen LogP contribution in [0.4, 0.5) is 5.00 Å². The number of likely N-dealkylation sites (tertiary alicyclic amines) is 2. The van der Waals surface area contributed by atoms with E-state index >= 15 is 0 Å². The first-order chi connectivity index (χ1) is 14.0. The van der Waals surface area contributed by atoms with Gasteiger partial charge >= 0.3 is 5.97 Å². The second-order valence-corrected chi connectivity index (χ2v) is 9.49. The smallest absolute Gasteiger partial charge is 0.341 e. The molecule has 2 saturated heterocycles. The predicted octanol–water partition coefficient (Wildman–Crippen LogP) is 3.62. The summed E-state index contributed by atoms with van der Waals surface area (Å²) in [6, 6.07) is 0.461. The number of amides is 1. The molecule has 1 N–H and O–H groups in total. The van der Waals surface area contributed by atoms with E-state index in [4.69, 9.17) is 4.74 Å². The number of hydrogen-bond acceptors (Lipinski definition) is 6. The minimum Gasteiger partial charge on any atom is -0.462 e. The van der Waals surface area contributed by atoms with Gasteiger partial charge in [0.15, 0.2) is 0 Å². The fourth-order valence-electron chi connectivity index (χ4n) is 4.43. The number of nitrogens with zero attached hydrogens (tertiary/aromatic N) is 2. The average Bonchev–Trinajstić information content (AvgIpc) is 3.39. The zero-order valence-electron chi connectivity index (χ0n) is 18.0. The third-order valence-electron chi connectivity index (χ3n) is 5.74. The number of esters is 1. The minimum atomic E-state index is -0.340. The summed E-state index contributed by atoms with van der Waals surface area (Å²) in [6.07, 6.45) is 5.69. The van der Waals surface area contributed by atoms with Crippen LogP contribution < -0.4 is 5.32 Å². The molecule has 7 heteroatoms. The molecule has 162 valence electrons. The molecule has 1 atom stereocenters. The molecule has 6 nitrogen and oxygen atoms in total. The third kappa shape index (κ3) is 6.03. The SMILES string of the molecule is CCOC(=O)c1c(CC(C)C)csc1NC(=O)CN1CCCC1CN1CCCC1. The van der Waals surface area contributed by atoms with Crippen molar-refractivity contribution in [2.75, 3.05) is 44.6 Å². The first-order valence-electron chi connectivity index (χ1n) is 11.0. The Morgan fingerprint density at radius 1 is 1.24 bits per heavy atom. The van der Waals surface area contributed by atoms with Crippen molar-refractivity contribution in [3.63, 3.8) is 0 Å². The molecule has 1 aromatic heterocycles. The number of hydrogen-bond donors (Lipinski definition) is 1. The van der Waals surface area contributed by atoms with Gasteiger partial charge in [0, 0.05) is 12.6 Å². The quantitative estimate of drug-likeness (QED) is 0.617. The Kier molecular flexibility index (Phi) is 8.09. The number of nitrogens with one attached hydrogen (secondary N) is 1. The maximum Gasteiger partial charge on any atom is 0.341 e. The number of carbonyl (C=O) groups is 2. The summed E-state index contributed by atoms with van der Waals surface area (Å²) < 4.78 is 5.26. The van der Waals surface area contributed by atoms with Gasteiger partial charge in [-0.1, -0.05) is 13.8 Å². The second-order valence-electron chi connectivity index (χ2n) is 8.61. The van der Waals surface area contributed by atoms with Crippen LogP contribution in [0.3, 0.4) is 0 Å². The number of thiophene rings is 1. The predicted molar refractivity (Wildman–Crippen MR) is 118 cm³/mol. The molecule has 0 radical (unpaired) electrons. The third-order valence-corrected chi connectivity index (χ3v) is 6.69. The summed E-state index contributed by atoms with van der Waals surface area (Å²) in [5.41, 5.74) is 1.50. The number of carbonyl (C=O) groups excluding carboxylic acids is 2. The zero-order chi connectivity index (χ0) is 20.8. The Morgan fingerprint density at radius 3 is 2.69 bits per heavy atom. The van der Waals surface area contributed by atoms with Crippen molar-refractivity contribution in [1.82, 2.24) is 9.80 Å². The number of ether oxygens (including phenoxy) is 1. The summed E-state index contributed by atoms with van der Waals surface area (Å²) in [5.74, 6) is 0.0480. The molecule has 1 unspecified atom stereocenters. The van der Waals surface area contributed by atoms with Crippen LogP contribution in [0, 0.1) is 5.92 Å². The molecule has 3 heterocycles. The van der Waals surface area contributed by atoms with Crippen LogP contribution in [0.2, 0.25) is 0 Å². The lowest BCUT2D eigenvalue weighted by molar-refractivity contribution is -0.117. The van der Waals surface area contributed by atoms with E-state index < -0.39 is 0 Å². The fourth-order valence-corrected chi connectivity index (χ4v) is 5.41. The lowest BCUT2D eigenvalue weighted by Crippen LogP contribution is -2.42. The lowest BCUT2D eigenvalue weighted by atomic mass is 10.0. The van der Waals surface area contributed by atoms with Gasteiger partial charge in [0.2, 0.25) is 5.91 Å². The molecule has 0 aliphatic carbocycles. The molecule has 2 fully saturated rings. The summed E-state index contributed by atoms with van der Waals surface area (Å²) in [4.78, 5) is 30.2. The molecule has 1 aromatic rings. The van der Waals surface area contributed by atoms with E-state index in [0.717, 1.165) is 37.9 Å². The molecule has 1 amide bonds. The summed E-state index contributed by atoms with van der Waals surface area (Å²) >= 11 is 1.43. The van der Waals surface area contributed by atoms with Gasteiger partial charge in [-0.05, 0) is 75.5 Å². The van der Waals surface area contributed by atoms with E-state index in [-0.39, 0.29) is 11.9 Å². The van der Waals surface area contributed by atoms with Crippen LogP contribution in [0.5, 0.6) is 0 Å². The molecule has 0 saturated carbocycles. The monoisotopic (exact) mass is 421 g/mol. The molecular formula is C22H35N3O3S. The first-order valence-corrected chi connectivity index (χ1v) is 11.9. The highest BCUT2D eigenvalue weighted by Gasteiger charge is 2.29. The van der Waals surface area contributed by atoms with Gasteiger partial charge in [0.25, 0.3) is 0 Å². The molecular weight excluding hydrogens is 386 g/mol. The van der Waals surface area contributed by atoms with Crippen molar-refractivity contribution in [2.24, 2.45) is 5.92 Å². The Hall–Kier alpha value is -1.44. The minimum absolute atomic E-state index is 0.0400. The van der Waals surface area contributed by atoms with Crippen LogP contribution in [0.25, 0.3) is 0 Å². The normalized spacial score (nSPS) is 20.5. The number of anilines is 1. The van der Waals surface area contributed by atoms with E-state index in [9.17, 15) is 9.59 Å². The highest BCUT2D eigenvalue weighted by Crippen LogP contribution is 2.31. The van der Waals surface area contributed by atoms with Crippen molar-refractivity contribution in [1.29, 1.82) is 0 Å². The van der Waals surface area contributed by atoms with Crippen molar-refractivity contribution in [2.45, 2.75) is 58.9 Å². The highest BCUT2D eigenvalue weighted by molar-refractivity contribution is 7.15. The topological polar surface area (TPSA) is 61.9 Å². The zero-order valence-corrected chi connectivity index (χ0v) is 18.9. The van der Waals surface area contributed by atoms with Crippen molar-refractivity contribution < 1.29 is 14.3 Å². The summed E-state index contributed by atoms with van der Waals surface area (Å²) in [5, 5.41) is 5.61. The van der Waals surface area contributed by atoms with Crippen LogP contribution in [0.1, 0.15) is 62.4 Å². The molecule has 3 rings (SSSR count). The van der Waals surface area contributed by atoms with Gasteiger partial charge in [-0.15, -0.1) is 11.3 Å². The van der Waals surface area contributed by atoms with Gasteiger partial charge in [0.1, 0.15) is 5.00 Å². The molecule has 2 aliphatic rings. The first kappa shape index (κ1) is 22.2. The van der Waals surface area contributed by atoms with Crippen molar-refractivity contribution >= 4 is 28.2 Å². The Labute approximate surface area is 178 Å². The molecule has 29 heavy (non-hydrogen) atoms. The van der Waals surface area contributed by atoms with E-state index in [0.29, 0.717) is 35.7 Å². The maximum atomic E-state index is 12.8. The standard InChI is InChI=1S/C22H35N3O3S/c1-4-28-22(27)20-17(12-16(2)3)15-29-21(20)23-19(26)14-25-11-7-8-18(25)13-24-9-5-6-10-24/h15-16,18H,4-14H2,1-3H3,(H,23,26). The van der Waals surface area contributed by atoms with Crippen LogP contribution >= 0.6 is 11.3 Å². The van der Waals surface area contributed by atoms with Gasteiger partial charge in [-0.25, -0.2) is 4.79 Å². The van der Waals surface area contributed by atoms with E-state index in [1.165, 1.54) is 37.3 Å². The Morgan fingerprint density at radius 2 is 2.00 bits per heavy atom. The molecule has 0 spiro atoms. The highest BCUT2D eigenvalue weighted by atomic mass is 32.1. The molecule has 0 aromatic carbocycles. The maximum absolute atomic E-state index is 12.8. The Bertz CT molecular complexity index is 697. The van der Waals surface area contributed by atoms with Crippen LogP contribution in [-0.2, 0) is 16.0 Å². The molecule has 0 bridgehead atoms. The van der Waals surface area contributed by atoms with E-state index in [1.807, 2.05) is 5.38 Å². The molecule has 2 aliphatic heterocycles. The fraction of sp³-hybridized carbons (Fsp3) is 0.727. The van der Waals surface area contributed by atoms with Crippen LogP contribution in [0.15, 0.2) is 5.38 Å². The largest absolute Gasteiger partial charge is 0.462 e.